The van der Waals surface area contributed by atoms with Crippen molar-refractivity contribution in [1.82, 2.24) is 0 Å². The van der Waals surface area contributed by atoms with Crippen LogP contribution >= 0.6 is 15.9 Å². The highest BCUT2D eigenvalue weighted by Crippen LogP contribution is 2.38. The van der Waals surface area contributed by atoms with Gasteiger partial charge in [-0.25, -0.2) is 4.39 Å². The van der Waals surface area contributed by atoms with Crippen molar-refractivity contribution >= 4 is 27.6 Å². The minimum atomic E-state index is -0.385. The summed E-state index contributed by atoms with van der Waals surface area (Å²) in [7, 11) is 0. The Bertz CT molecular complexity index is 1100. The maximum atomic E-state index is 13.6. The summed E-state index contributed by atoms with van der Waals surface area (Å²) in [6.45, 7) is 4.81. The Hall–Kier alpha value is -3.10. The molecule has 30 heavy (non-hydrogen) atoms. The Morgan fingerprint density at radius 3 is 2.53 bits per heavy atom. The second kappa shape index (κ2) is 10.1. The molecule has 152 valence electrons. The fourth-order valence-electron chi connectivity index (χ4n) is 2.92. The molecular weight excluding hydrogens is 445 g/mol. The van der Waals surface area contributed by atoms with Crippen molar-refractivity contribution in [2.75, 3.05) is 6.61 Å². The first-order chi connectivity index (χ1) is 14.5. The Balaban J connectivity index is 1.92. The first-order valence-corrected chi connectivity index (χ1v) is 10.3. The van der Waals surface area contributed by atoms with Crippen LogP contribution in [0.3, 0.4) is 0 Å². The van der Waals surface area contributed by atoms with E-state index in [-0.39, 0.29) is 5.82 Å². The Kier molecular flexibility index (Phi) is 7.26. The molecule has 0 spiro atoms. The van der Waals surface area contributed by atoms with Crippen LogP contribution in [0.15, 0.2) is 65.1 Å². The van der Waals surface area contributed by atoms with Gasteiger partial charge in [0, 0.05) is 0 Å². The molecule has 0 fully saturated rings. The lowest BCUT2D eigenvalue weighted by Gasteiger charge is -2.15. The molecule has 0 radical (unpaired) electrons. The van der Waals surface area contributed by atoms with Crippen LogP contribution in [0.25, 0.3) is 11.6 Å². The van der Waals surface area contributed by atoms with Crippen LogP contribution in [0.5, 0.6) is 11.5 Å². The molecule has 3 aromatic carbocycles. The smallest absolute Gasteiger partial charge is 0.175 e. The topological polar surface area (TPSA) is 42.2 Å². The zero-order valence-corrected chi connectivity index (χ0v) is 18.4. The molecular formula is C25H21BrFNO2. The van der Waals surface area contributed by atoms with E-state index in [4.69, 9.17) is 9.47 Å². The lowest BCUT2D eigenvalue weighted by Crippen LogP contribution is -2.01. The lowest BCUT2D eigenvalue weighted by molar-refractivity contribution is 0.267. The molecule has 0 aliphatic carbocycles. The molecule has 0 N–H and O–H groups in total. The number of hydrogen-bond acceptors (Lipinski definition) is 3. The molecule has 0 atom stereocenters. The van der Waals surface area contributed by atoms with Crippen molar-refractivity contribution < 1.29 is 13.9 Å². The number of benzene rings is 3. The van der Waals surface area contributed by atoms with Crippen LogP contribution in [0.4, 0.5) is 4.39 Å². The maximum Gasteiger partial charge on any atom is 0.175 e. The second-order valence-corrected chi connectivity index (χ2v) is 7.57. The number of aryl methyl sites for hydroxylation is 1. The maximum absolute atomic E-state index is 13.6. The van der Waals surface area contributed by atoms with Crippen LogP contribution in [-0.2, 0) is 6.61 Å². The average molecular weight is 466 g/mol. The molecule has 0 amide bonds. The van der Waals surface area contributed by atoms with Crippen molar-refractivity contribution in [3.8, 4) is 17.6 Å². The van der Waals surface area contributed by atoms with Crippen LogP contribution in [-0.4, -0.2) is 6.61 Å². The van der Waals surface area contributed by atoms with Crippen molar-refractivity contribution in [2.45, 2.75) is 20.5 Å². The Morgan fingerprint density at radius 1 is 1.10 bits per heavy atom. The average Bonchev–Trinajstić information content (AvgIpc) is 2.73. The summed E-state index contributed by atoms with van der Waals surface area (Å²) in [6.07, 6.45) is 1.70. The van der Waals surface area contributed by atoms with Crippen LogP contribution < -0.4 is 9.47 Å². The van der Waals surface area contributed by atoms with Gasteiger partial charge in [0.15, 0.2) is 11.5 Å². The van der Waals surface area contributed by atoms with Gasteiger partial charge in [-0.2, -0.15) is 5.26 Å². The Morgan fingerprint density at radius 2 is 1.87 bits per heavy atom. The normalized spacial score (nSPS) is 11.1. The number of ether oxygens (including phenoxy) is 2. The fraction of sp³-hybridized carbons (Fsp3) is 0.160. The first-order valence-electron chi connectivity index (χ1n) is 9.52. The van der Waals surface area contributed by atoms with Gasteiger partial charge in [0.05, 0.1) is 22.7 Å². The van der Waals surface area contributed by atoms with Crippen molar-refractivity contribution in [2.24, 2.45) is 0 Å². The lowest BCUT2D eigenvalue weighted by atomic mass is 10.0. The minimum absolute atomic E-state index is 0.358. The highest BCUT2D eigenvalue weighted by molar-refractivity contribution is 9.10. The Labute approximate surface area is 184 Å². The number of nitriles is 1. The highest BCUT2D eigenvalue weighted by Gasteiger charge is 2.13. The molecule has 0 aromatic heterocycles. The summed E-state index contributed by atoms with van der Waals surface area (Å²) in [4.78, 5) is 0. The van der Waals surface area contributed by atoms with Gasteiger partial charge in [0.1, 0.15) is 12.4 Å². The quantitative estimate of drug-likeness (QED) is 0.280. The van der Waals surface area contributed by atoms with Crippen molar-refractivity contribution in [1.29, 1.82) is 5.26 Å². The minimum Gasteiger partial charge on any atom is -0.490 e. The second-order valence-electron chi connectivity index (χ2n) is 6.72. The number of hydrogen-bond donors (Lipinski definition) is 0. The third kappa shape index (κ3) is 5.49. The SMILES string of the molecule is CCOc1cc(/C=C(/C#N)c2cccc(F)c2)cc(Br)c1OCc1ccc(C)cc1. The van der Waals surface area contributed by atoms with Crippen molar-refractivity contribution in [3.63, 3.8) is 0 Å². The zero-order valence-electron chi connectivity index (χ0n) is 16.8. The number of allylic oxidation sites excluding steroid dienone is 1. The van der Waals surface area contributed by atoms with Crippen molar-refractivity contribution in [3.05, 3.63) is 93.2 Å². The summed E-state index contributed by atoms with van der Waals surface area (Å²) in [5.74, 6) is 0.783. The summed E-state index contributed by atoms with van der Waals surface area (Å²) in [5.41, 5.74) is 3.87. The third-order valence-corrected chi connectivity index (χ3v) is 4.99. The van der Waals surface area contributed by atoms with E-state index in [1.807, 2.05) is 50.2 Å². The summed E-state index contributed by atoms with van der Waals surface area (Å²) < 4.78 is 26.1. The number of halogens is 2. The molecule has 0 aliphatic heterocycles. The molecule has 0 unspecified atom stereocenters. The molecule has 3 nitrogen and oxygen atoms in total. The van der Waals surface area contributed by atoms with Gasteiger partial charge < -0.3 is 9.47 Å². The van der Waals surface area contributed by atoms with Gasteiger partial charge in [-0.15, -0.1) is 0 Å². The predicted molar refractivity (Wildman–Crippen MR) is 121 cm³/mol. The third-order valence-electron chi connectivity index (χ3n) is 4.40. The van der Waals surface area contributed by atoms with Gasteiger partial charge in [-0.3, -0.25) is 0 Å². The summed E-state index contributed by atoms with van der Waals surface area (Å²) in [6, 6.07) is 19.9. The largest absolute Gasteiger partial charge is 0.490 e. The van der Waals surface area contributed by atoms with E-state index < -0.39 is 0 Å². The van der Waals surface area contributed by atoms with Gasteiger partial charge in [0.25, 0.3) is 0 Å². The number of rotatable bonds is 7. The van der Waals surface area contributed by atoms with Gasteiger partial charge in [0.2, 0.25) is 0 Å². The van der Waals surface area contributed by atoms with Gasteiger partial charge in [-0.05, 0) is 76.8 Å². The number of nitrogens with zero attached hydrogens (tertiary/aromatic N) is 1. The van der Waals surface area contributed by atoms with Gasteiger partial charge in [-0.1, -0.05) is 42.0 Å². The van der Waals surface area contributed by atoms with E-state index in [9.17, 15) is 9.65 Å². The molecule has 0 aliphatic rings. The van der Waals surface area contributed by atoms with E-state index in [0.29, 0.717) is 40.3 Å². The molecule has 3 aromatic rings. The molecule has 5 heteroatoms. The van der Waals surface area contributed by atoms with E-state index in [2.05, 4.69) is 22.0 Å². The predicted octanol–water partition coefficient (Wildman–Crippen LogP) is 6.94. The fourth-order valence-corrected chi connectivity index (χ4v) is 3.49. The summed E-state index contributed by atoms with van der Waals surface area (Å²) in [5, 5.41) is 9.55. The molecule has 0 bridgehead atoms. The molecule has 0 saturated heterocycles. The van der Waals surface area contributed by atoms with E-state index in [0.717, 1.165) is 11.1 Å². The molecule has 3 rings (SSSR count). The summed E-state index contributed by atoms with van der Waals surface area (Å²) >= 11 is 3.56. The van der Waals surface area contributed by atoms with Crippen LogP contribution in [0.1, 0.15) is 29.2 Å². The van der Waals surface area contributed by atoms with Crippen LogP contribution in [0, 0.1) is 24.1 Å². The standard InChI is InChI=1S/C25H21BrFNO2/c1-3-29-24-13-19(11-21(15-28)20-5-4-6-22(27)14-20)12-23(26)25(24)30-16-18-9-7-17(2)8-10-18/h4-14H,3,16H2,1-2H3/b21-11-. The first kappa shape index (κ1) is 21.6. The van der Waals surface area contributed by atoms with Gasteiger partial charge >= 0.3 is 0 Å². The van der Waals surface area contributed by atoms with E-state index in [1.165, 1.54) is 17.7 Å². The zero-order chi connectivity index (χ0) is 21.5. The highest BCUT2D eigenvalue weighted by atomic mass is 79.9. The molecule has 0 saturated carbocycles. The van der Waals surface area contributed by atoms with E-state index >= 15 is 0 Å². The van der Waals surface area contributed by atoms with Crippen LogP contribution in [0.2, 0.25) is 0 Å². The molecule has 0 heterocycles. The monoisotopic (exact) mass is 465 g/mol. The van der Waals surface area contributed by atoms with E-state index in [1.54, 1.807) is 18.2 Å².